The normalized spacial score (nSPS) is 12.0. The number of benzene rings is 3. The van der Waals surface area contributed by atoms with Gasteiger partial charge in [0.25, 0.3) is 5.91 Å². The Morgan fingerprint density at radius 2 is 1.69 bits per heavy atom. The van der Waals surface area contributed by atoms with Gasteiger partial charge >= 0.3 is 0 Å². The minimum absolute atomic E-state index is 0.0541. The van der Waals surface area contributed by atoms with Gasteiger partial charge in [-0.25, -0.2) is 8.42 Å². The Morgan fingerprint density at radius 1 is 0.966 bits per heavy atom. The number of anilines is 1. The van der Waals surface area contributed by atoms with Crippen LogP contribution in [0.25, 0.3) is 11.1 Å². The minimum atomic E-state index is -3.68. The van der Waals surface area contributed by atoms with Crippen LogP contribution in [-0.2, 0) is 16.4 Å². The fourth-order valence-corrected chi connectivity index (χ4v) is 4.34. The average Bonchev–Trinajstić information content (AvgIpc) is 3.10. The number of fused-ring (bicyclic) bond motifs is 3. The minimum Gasteiger partial charge on any atom is -0.322 e. The summed E-state index contributed by atoms with van der Waals surface area (Å²) in [6, 6.07) is 19.8. The molecule has 4 rings (SSSR count). The number of hydrogen-bond donors (Lipinski definition) is 2. The van der Waals surface area contributed by atoms with Crippen LogP contribution in [0.4, 0.5) is 5.69 Å². The lowest BCUT2D eigenvalue weighted by Gasteiger charge is -2.09. The lowest BCUT2D eigenvalue weighted by atomic mass is 10.1. The number of carbonyl (C=O) groups excluding carboxylic acids is 1. The summed E-state index contributed by atoms with van der Waals surface area (Å²) >= 11 is 0. The van der Waals surface area contributed by atoms with Gasteiger partial charge < -0.3 is 5.32 Å². The van der Waals surface area contributed by atoms with Crippen LogP contribution in [0, 0.1) is 12.3 Å². The Kier molecular flexibility index (Phi) is 4.93. The summed E-state index contributed by atoms with van der Waals surface area (Å²) < 4.78 is 26.4. The monoisotopic (exact) mass is 402 g/mol. The molecule has 6 heteroatoms. The smallest absolute Gasteiger partial charge is 0.255 e. The van der Waals surface area contributed by atoms with E-state index in [-0.39, 0.29) is 17.3 Å². The molecule has 0 aromatic heterocycles. The molecule has 0 bridgehead atoms. The van der Waals surface area contributed by atoms with Crippen LogP contribution in [0.15, 0.2) is 71.6 Å². The molecule has 0 heterocycles. The van der Waals surface area contributed by atoms with Gasteiger partial charge in [0, 0.05) is 11.3 Å². The van der Waals surface area contributed by atoms with Crippen molar-refractivity contribution in [2.24, 2.45) is 0 Å². The van der Waals surface area contributed by atoms with E-state index in [9.17, 15) is 13.2 Å². The predicted octanol–water partition coefficient (Wildman–Crippen LogP) is 3.42. The van der Waals surface area contributed by atoms with Gasteiger partial charge in [-0.1, -0.05) is 36.3 Å². The first kappa shape index (κ1) is 18.9. The highest BCUT2D eigenvalue weighted by Crippen LogP contribution is 2.37. The summed E-state index contributed by atoms with van der Waals surface area (Å²) in [5, 5.41) is 2.88. The number of terminal acetylenes is 1. The van der Waals surface area contributed by atoms with E-state index in [1.54, 1.807) is 0 Å². The van der Waals surface area contributed by atoms with Crippen LogP contribution < -0.4 is 10.0 Å². The molecule has 1 amide bonds. The second-order valence-electron chi connectivity index (χ2n) is 6.71. The highest BCUT2D eigenvalue weighted by Gasteiger charge is 2.19. The molecule has 1 aliphatic carbocycles. The topological polar surface area (TPSA) is 75.3 Å². The van der Waals surface area contributed by atoms with E-state index < -0.39 is 10.0 Å². The Bertz CT molecular complexity index is 1240. The van der Waals surface area contributed by atoms with Crippen molar-refractivity contribution in [3.63, 3.8) is 0 Å². The first-order valence-corrected chi connectivity index (χ1v) is 10.5. The van der Waals surface area contributed by atoms with Crippen LogP contribution >= 0.6 is 0 Å². The standard InChI is InChI=1S/C23H18N2O3S/c1-2-13-24-29(27,28)20-11-8-16(9-12-20)23(26)25-19-10-7-18-14-17-5-3-4-6-21(17)22(18)15-19/h1,3-12,15,24H,13-14H2,(H,25,26). The lowest BCUT2D eigenvalue weighted by molar-refractivity contribution is 0.102. The zero-order chi connectivity index (χ0) is 20.4. The van der Waals surface area contributed by atoms with Crippen LogP contribution in [0.5, 0.6) is 0 Å². The Balaban J connectivity index is 1.52. The van der Waals surface area contributed by atoms with Gasteiger partial charge in [0.15, 0.2) is 0 Å². The molecule has 3 aromatic carbocycles. The van der Waals surface area contributed by atoms with Crippen molar-refractivity contribution >= 4 is 21.6 Å². The molecule has 0 spiro atoms. The van der Waals surface area contributed by atoms with Gasteiger partial charge in [-0.3, -0.25) is 4.79 Å². The van der Waals surface area contributed by atoms with E-state index in [0.29, 0.717) is 11.3 Å². The summed E-state index contributed by atoms with van der Waals surface area (Å²) in [5.41, 5.74) is 5.88. The quantitative estimate of drug-likeness (QED) is 0.502. The third-order valence-corrected chi connectivity index (χ3v) is 6.26. The van der Waals surface area contributed by atoms with Crippen LogP contribution in [0.2, 0.25) is 0 Å². The predicted molar refractivity (Wildman–Crippen MR) is 113 cm³/mol. The van der Waals surface area contributed by atoms with E-state index in [2.05, 4.69) is 28.1 Å². The van der Waals surface area contributed by atoms with Gasteiger partial charge in [-0.05, 0) is 65.1 Å². The van der Waals surface area contributed by atoms with Crippen molar-refractivity contribution in [2.75, 3.05) is 11.9 Å². The van der Waals surface area contributed by atoms with Gasteiger partial charge in [0.05, 0.1) is 11.4 Å². The van der Waals surface area contributed by atoms with E-state index in [1.165, 1.54) is 41.0 Å². The molecule has 0 aliphatic heterocycles. The molecule has 0 atom stereocenters. The van der Waals surface area contributed by atoms with E-state index >= 15 is 0 Å². The van der Waals surface area contributed by atoms with Crippen molar-refractivity contribution in [1.29, 1.82) is 0 Å². The summed E-state index contributed by atoms with van der Waals surface area (Å²) in [4.78, 5) is 12.6. The Morgan fingerprint density at radius 3 is 2.45 bits per heavy atom. The lowest BCUT2D eigenvalue weighted by Crippen LogP contribution is -2.24. The third kappa shape index (κ3) is 3.79. The van der Waals surface area contributed by atoms with Crippen LogP contribution in [0.1, 0.15) is 21.5 Å². The number of amides is 1. The molecule has 5 nitrogen and oxygen atoms in total. The van der Waals surface area contributed by atoms with Crippen LogP contribution in [0.3, 0.4) is 0 Å². The first-order valence-electron chi connectivity index (χ1n) is 9.04. The number of nitrogens with one attached hydrogen (secondary N) is 2. The number of carbonyl (C=O) groups is 1. The Hall–Kier alpha value is -3.40. The maximum atomic E-state index is 12.6. The molecular formula is C23H18N2O3S. The fourth-order valence-electron chi connectivity index (χ4n) is 3.41. The van der Waals surface area contributed by atoms with Crippen molar-refractivity contribution < 1.29 is 13.2 Å². The number of hydrogen-bond acceptors (Lipinski definition) is 3. The number of rotatable bonds is 5. The van der Waals surface area contributed by atoms with Gasteiger partial charge in [0.2, 0.25) is 10.0 Å². The highest BCUT2D eigenvalue weighted by atomic mass is 32.2. The molecule has 1 aliphatic rings. The second-order valence-corrected chi connectivity index (χ2v) is 8.48. The maximum Gasteiger partial charge on any atom is 0.255 e. The molecule has 0 saturated heterocycles. The van der Waals surface area contributed by atoms with Gasteiger partial charge in [-0.15, -0.1) is 6.42 Å². The fraction of sp³-hybridized carbons (Fsp3) is 0.0870. The summed E-state index contributed by atoms with van der Waals surface area (Å²) in [6.45, 7) is -0.0912. The summed E-state index contributed by atoms with van der Waals surface area (Å²) in [5.74, 6) is 1.91. The van der Waals surface area contributed by atoms with Crippen molar-refractivity contribution in [1.82, 2.24) is 4.72 Å². The van der Waals surface area contributed by atoms with E-state index in [4.69, 9.17) is 6.42 Å². The molecular weight excluding hydrogens is 384 g/mol. The Labute approximate surface area is 169 Å². The molecule has 0 saturated carbocycles. The van der Waals surface area contributed by atoms with Gasteiger partial charge in [-0.2, -0.15) is 4.72 Å². The number of sulfonamides is 1. The zero-order valence-electron chi connectivity index (χ0n) is 15.5. The summed E-state index contributed by atoms with van der Waals surface area (Å²) in [7, 11) is -3.68. The molecule has 0 radical (unpaired) electrons. The second kappa shape index (κ2) is 7.55. The maximum absolute atomic E-state index is 12.6. The molecule has 2 N–H and O–H groups in total. The average molecular weight is 402 g/mol. The molecule has 0 fully saturated rings. The van der Waals surface area contributed by atoms with E-state index in [1.807, 2.05) is 30.3 Å². The van der Waals surface area contributed by atoms with Crippen LogP contribution in [-0.4, -0.2) is 20.9 Å². The van der Waals surface area contributed by atoms with Crippen molar-refractivity contribution in [3.8, 4) is 23.5 Å². The third-order valence-electron chi connectivity index (χ3n) is 4.85. The first-order chi connectivity index (χ1) is 14.0. The zero-order valence-corrected chi connectivity index (χ0v) is 16.3. The SMILES string of the molecule is C#CCNS(=O)(=O)c1ccc(C(=O)Nc2ccc3c(c2)-c2ccccc2C3)cc1. The van der Waals surface area contributed by atoms with Gasteiger partial charge in [0.1, 0.15) is 0 Å². The van der Waals surface area contributed by atoms with E-state index in [0.717, 1.165) is 12.0 Å². The molecule has 144 valence electrons. The molecule has 29 heavy (non-hydrogen) atoms. The molecule has 0 unspecified atom stereocenters. The highest BCUT2D eigenvalue weighted by molar-refractivity contribution is 7.89. The largest absolute Gasteiger partial charge is 0.322 e. The summed E-state index contributed by atoms with van der Waals surface area (Å²) in [6.07, 6.45) is 5.97. The van der Waals surface area contributed by atoms with Crippen molar-refractivity contribution in [2.45, 2.75) is 11.3 Å². The molecule has 3 aromatic rings. The van der Waals surface area contributed by atoms with Crippen molar-refractivity contribution in [3.05, 3.63) is 83.4 Å².